The third-order valence-corrected chi connectivity index (χ3v) is 4.67. The summed E-state index contributed by atoms with van der Waals surface area (Å²) in [7, 11) is 5.73. The second-order valence-electron chi connectivity index (χ2n) is 6.41. The van der Waals surface area contributed by atoms with E-state index in [2.05, 4.69) is 61.3 Å². The second-order valence-corrected chi connectivity index (χ2v) is 6.41. The maximum Gasteiger partial charge on any atom is 0.115 e. The van der Waals surface area contributed by atoms with Crippen molar-refractivity contribution in [3.05, 3.63) is 71.9 Å². The summed E-state index contributed by atoms with van der Waals surface area (Å²) in [5.41, 5.74) is 8.26. The lowest BCUT2D eigenvalue weighted by Gasteiger charge is -2.21. The van der Waals surface area contributed by atoms with E-state index in [9.17, 15) is 0 Å². The van der Waals surface area contributed by atoms with Crippen LogP contribution in [0.25, 0.3) is 22.4 Å². The average Bonchev–Trinajstić information content (AvgIpc) is 2.77. The zero-order valence-corrected chi connectivity index (χ0v) is 12.8. The van der Waals surface area contributed by atoms with Crippen molar-refractivity contribution in [2.24, 2.45) is 0 Å². The van der Waals surface area contributed by atoms with E-state index in [1.54, 1.807) is 6.20 Å². The molecule has 1 aliphatic rings. The molecule has 0 saturated heterocycles. The van der Waals surface area contributed by atoms with Crippen molar-refractivity contribution < 1.29 is 0 Å². The Morgan fingerprint density at radius 1 is 0.864 bits per heavy atom. The smallest absolute Gasteiger partial charge is 0.115 e. The number of hydrogen-bond acceptors (Lipinski definition) is 1. The lowest BCUT2D eigenvalue weighted by atomic mass is 9.82. The molecular weight excluding hydrogens is 265 g/mol. The van der Waals surface area contributed by atoms with Crippen LogP contribution in [0.5, 0.6) is 0 Å². The fraction of sp³-hybridized carbons (Fsp3) is 0.150. The van der Waals surface area contributed by atoms with Gasteiger partial charge in [0.1, 0.15) is 7.85 Å². The van der Waals surface area contributed by atoms with Crippen molar-refractivity contribution >= 4 is 13.3 Å². The van der Waals surface area contributed by atoms with Crippen molar-refractivity contribution in [3.63, 3.8) is 0 Å². The Morgan fingerprint density at radius 2 is 1.64 bits per heavy atom. The lowest BCUT2D eigenvalue weighted by molar-refractivity contribution is 0.660. The third-order valence-electron chi connectivity index (χ3n) is 4.67. The summed E-state index contributed by atoms with van der Waals surface area (Å²) in [5.74, 6) is 0. The minimum absolute atomic E-state index is 0.0236. The molecule has 22 heavy (non-hydrogen) atoms. The Bertz CT molecular complexity index is 863. The van der Waals surface area contributed by atoms with E-state index in [1.165, 1.54) is 22.3 Å². The average molecular weight is 281 g/mol. The number of hydrogen-bond donors (Lipinski definition) is 0. The number of nitrogens with zero attached hydrogens (tertiary/aromatic N) is 1. The molecule has 1 aliphatic carbocycles. The first-order valence-corrected chi connectivity index (χ1v) is 7.54. The molecule has 1 heterocycles. The number of fused-ring (bicyclic) bond motifs is 3. The fourth-order valence-corrected chi connectivity index (χ4v) is 3.44. The molecule has 0 bridgehead atoms. The minimum Gasteiger partial charge on any atom is -0.257 e. The van der Waals surface area contributed by atoms with Crippen LogP contribution in [-0.2, 0) is 5.41 Å². The highest BCUT2D eigenvalue weighted by atomic mass is 14.7. The topological polar surface area (TPSA) is 12.9 Å². The second kappa shape index (κ2) is 4.57. The van der Waals surface area contributed by atoms with Gasteiger partial charge in [-0.1, -0.05) is 61.8 Å². The molecular formula is C20H16BN. The van der Waals surface area contributed by atoms with Gasteiger partial charge in [-0.2, -0.15) is 0 Å². The van der Waals surface area contributed by atoms with Crippen molar-refractivity contribution in [1.82, 2.24) is 4.98 Å². The Morgan fingerprint density at radius 3 is 2.41 bits per heavy atom. The van der Waals surface area contributed by atoms with Crippen LogP contribution < -0.4 is 5.46 Å². The normalized spacial score (nSPS) is 14.5. The van der Waals surface area contributed by atoms with Gasteiger partial charge in [0.2, 0.25) is 0 Å². The molecule has 0 amide bonds. The molecule has 0 atom stereocenters. The molecule has 0 unspecified atom stereocenters. The van der Waals surface area contributed by atoms with Crippen LogP contribution in [0.4, 0.5) is 0 Å². The highest BCUT2D eigenvalue weighted by Crippen LogP contribution is 2.49. The molecule has 1 aromatic heterocycles. The van der Waals surface area contributed by atoms with Crippen molar-refractivity contribution in [1.29, 1.82) is 0 Å². The molecule has 2 radical (unpaired) electrons. The Hall–Kier alpha value is -2.35. The maximum absolute atomic E-state index is 5.73. The molecule has 0 spiro atoms. The van der Waals surface area contributed by atoms with Crippen LogP contribution in [-0.4, -0.2) is 12.8 Å². The first kappa shape index (κ1) is 13.3. The molecule has 1 nitrogen and oxygen atoms in total. The number of rotatable bonds is 1. The highest BCUT2D eigenvalue weighted by molar-refractivity contribution is 6.32. The zero-order valence-electron chi connectivity index (χ0n) is 12.8. The van der Waals surface area contributed by atoms with Crippen LogP contribution >= 0.6 is 0 Å². The quantitative estimate of drug-likeness (QED) is 0.617. The predicted octanol–water partition coefficient (Wildman–Crippen LogP) is 3.85. The number of benzene rings is 2. The monoisotopic (exact) mass is 281 g/mol. The van der Waals surface area contributed by atoms with Crippen molar-refractivity contribution in [3.8, 4) is 22.4 Å². The van der Waals surface area contributed by atoms with Gasteiger partial charge in [-0.05, 0) is 34.4 Å². The van der Waals surface area contributed by atoms with E-state index in [1.807, 2.05) is 12.1 Å². The van der Waals surface area contributed by atoms with Gasteiger partial charge in [0.05, 0.1) is 5.69 Å². The first-order chi connectivity index (χ1) is 10.6. The van der Waals surface area contributed by atoms with E-state index < -0.39 is 0 Å². The summed E-state index contributed by atoms with van der Waals surface area (Å²) in [6, 6.07) is 19.2. The van der Waals surface area contributed by atoms with E-state index >= 15 is 0 Å². The Labute approximate surface area is 132 Å². The van der Waals surface area contributed by atoms with Gasteiger partial charge < -0.3 is 0 Å². The SMILES string of the molecule is [B]c1ccc(-c2ccc3c(c2)C(C)(C)c2ccccc2-3)nc1. The van der Waals surface area contributed by atoms with E-state index in [0.717, 1.165) is 11.3 Å². The van der Waals surface area contributed by atoms with Crippen LogP contribution in [0.3, 0.4) is 0 Å². The summed E-state index contributed by atoms with van der Waals surface area (Å²) in [6.45, 7) is 4.58. The van der Waals surface area contributed by atoms with Crippen molar-refractivity contribution in [2.45, 2.75) is 19.3 Å². The van der Waals surface area contributed by atoms with E-state index in [-0.39, 0.29) is 5.41 Å². The molecule has 0 saturated carbocycles. The molecule has 0 N–H and O–H groups in total. The van der Waals surface area contributed by atoms with Gasteiger partial charge in [-0.25, -0.2) is 0 Å². The molecule has 2 heteroatoms. The number of pyridine rings is 1. The van der Waals surface area contributed by atoms with Gasteiger partial charge in [0.15, 0.2) is 0 Å². The van der Waals surface area contributed by atoms with Gasteiger partial charge in [0.25, 0.3) is 0 Å². The third kappa shape index (κ3) is 1.84. The molecule has 3 aromatic rings. The van der Waals surface area contributed by atoms with E-state index in [0.29, 0.717) is 5.46 Å². The van der Waals surface area contributed by atoms with Crippen LogP contribution in [0, 0.1) is 0 Å². The Balaban J connectivity index is 1.90. The number of aromatic nitrogens is 1. The van der Waals surface area contributed by atoms with Crippen LogP contribution in [0.1, 0.15) is 25.0 Å². The van der Waals surface area contributed by atoms with Gasteiger partial charge in [-0.3, -0.25) is 4.98 Å². The van der Waals surface area contributed by atoms with Crippen LogP contribution in [0.15, 0.2) is 60.8 Å². The summed E-state index contributed by atoms with van der Waals surface area (Å²) >= 11 is 0. The molecule has 104 valence electrons. The first-order valence-electron chi connectivity index (χ1n) is 7.54. The maximum atomic E-state index is 5.73. The highest BCUT2D eigenvalue weighted by Gasteiger charge is 2.35. The predicted molar refractivity (Wildman–Crippen MR) is 92.6 cm³/mol. The molecule has 0 aliphatic heterocycles. The fourth-order valence-electron chi connectivity index (χ4n) is 3.44. The summed E-state index contributed by atoms with van der Waals surface area (Å²) in [4.78, 5) is 4.45. The largest absolute Gasteiger partial charge is 0.257 e. The zero-order chi connectivity index (χ0) is 15.3. The summed E-state index contributed by atoms with van der Waals surface area (Å²) in [6.07, 6.45) is 1.71. The lowest BCUT2D eigenvalue weighted by Crippen LogP contribution is -2.15. The van der Waals surface area contributed by atoms with Gasteiger partial charge >= 0.3 is 0 Å². The van der Waals surface area contributed by atoms with Crippen LogP contribution in [0.2, 0.25) is 0 Å². The van der Waals surface area contributed by atoms with Crippen molar-refractivity contribution in [2.75, 3.05) is 0 Å². The molecule has 4 rings (SSSR count). The Kier molecular flexibility index (Phi) is 2.77. The summed E-state index contributed by atoms with van der Waals surface area (Å²) < 4.78 is 0. The molecule has 0 fully saturated rings. The minimum atomic E-state index is 0.0236. The van der Waals surface area contributed by atoms with Gasteiger partial charge in [-0.15, -0.1) is 0 Å². The standard InChI is InChI=1S/C20H16BN/c1-20(2)17-6-4-3-5-15(17)16-9-7-13(11-18(16)20)19-10-8-14(21)12-22-19/h3-12H,1-2H3. The summed E-state index contributed by atoms with van der Waals surface area (Å²) in [5, 5.41) is 0. The molecule has 2 aromatic carbocycles. The van der Waals surface area contributed by atoms with Gasteiger partial charge in [0, 0.05) is 17.2 Å². The van der Waals surface area contributed by atoms with E-state index in [4.69, 9.17) is 7.85 Å².